The minimum Gasteiger partial charge on any atom is -0.396 e. The van der Waals surface area contributed by atoms with Crippen LogP contribution in [0, 0.1) is 40.4 Å². The van der Waals surface area contributed by atoms with Crippen molar-refractivity contribution < 1.29 is 5.11 Å². The monoisotopic (exact) mass is 274 g/mol. The Labute approximate surface area is 121 Å². The molecule has 3 rings (SSSR count). The number of fused-ring (bicyclic) bond motifs is 1. The van der Waals surface area contributed by atoms with E-state index in [0.717, 1.165) is 43.6 Å². The molecule has 0 aliphatic heterocycles. The second kappa shape index (κ2) is 5.16. The maximum Gasteiger partial charge on any atom is 0.0662 e. The summed E-state index contributed by atoms with van der Waals surface area (Å²) in [5.74, 6) is 1.78. The fraction of sp³-hybridized carbons (Fsp3) is 0.824. The van der Waals surface area contributed by atoms with Crippen molar-refractivity contribution >= 4 is 0 Å². The fourth-order valence-electron chi connectivity index (χ4n) is 4.84. The molecule has 3 heteroatoms. The summed E-state index contributed by atoms with van der Waals surface area (Å²) in [4.78, 5) is 0. The van der Waals surface area contributed by atoms with Crippen molar-refractivity contribution in [1.29, 1.82) is 5.26 Å². The van der Waals surface area contributed by atoms with Crippen LogP contribution in [0.2, 0.25) is 0 Å². The Bertz CT molecular complexity index is 433. The predicted octanol–water partition coefficient (Wildman–Crippen LogP) is 2.61. The van der Waals surface area contributed by atoms with Gasteiger partial charge in [-0.15, -0.1) is 0 Å². The third-order valence-corrected chi connectivity index (χ3v) is 6.25. The first-order chi connectivity index (χ1) is 9.63. The number of hydrogen-bond acceptors (Lipinski definition) is 3. The van der Waals surface area contributed by atoms with Gasteiger partial charge < -0.3 is 10.8 Å². The molecule has 5 unspecified atom stereocenters. The maximum atomic E-state index is 9.92. The molecule has 3 N–H and O–H groups in total. The van der Waals surface area contributed by atoms with E-state index >= 15 is 0 Å². The number of nitrogens with two attached hydrogens (primary N) is 1. The first-order valence-electron chi connectivity index (χ1n) is 8.08. The standard InChI is InChI=1S/C17H26N2O/c1-11(15-13(9-18)7-12-8-14(12)15)16(19)17(10-20)5-3-2-4-6-17/h12-16,20H,1-8,10,19H2. The van der Waals surface area contributed by atoms with E-state index in [1.807, 2.05) is 0 Å². The van der Waals surface area contributed by atoms with Gasteiger partial charge in [0.1, 0.15) is 0 Å². The molecule has 20 heavy (non-hydrogen) atoms. The number of nitrogens with zero attached hydrogens (tertiary/aromatic N) is 1. The second-order valence-corrected chi connectivity index (χ2v) is 7.29. The van der Waals surface area contributed by atoms with E-state index in [2.05, 4.69) is 12.6 Å². The maximum absolute atomic E-state index is 9.92. The van der Waals surface area contributed by atoms with Crippen LogP contribution in [0.15, 0.2) is 12.2 Å². The molecule has 0 bridgehead atoms. The minimum atomic E-state index is -0.178. The van der Waals surface area contributed by atoms with Gasteiger partial charge in [0.05, 0.1) is 18.6 Å². The third-order valence-electron chi connectivity index (χ3n) is 6.25. The van der Waals surface area contributed by atoms with Crippen molar-refractivity contribution in [1.82, 2.24) is 0 Å². The Kier molecular flexibility index (Phi) is 3.64. The van der Waals surface area contributed by atoms with Crippen LogP contribution < -0.4 is 5.73 Å². The van der Waals surface area contributed by atoms with Crippen molar-refractivity contribution in [3.63, 3.8) is 0 Å². The molecule has 0 radical (unpaired) electrons. The highest BCUT2D eigenvalue weighted by Gasteiger charge is 2.56. The Hall–Kier alpha value is -0.850. The molecule has 3 aliphatic carbocycles. The zero-order valence-electron chi connectivity index (χ0n) is 12.2. The predicted molar refractivity (Wildman–Crippen MR) is 78.5 cm³/mol. The summed E-state index contributed by atoms with van der Waals surface area (Å²) in [6.07, 6.45) is 7.84. The van der Waals surface area contributed by atoms with Gasteiger partial charge in [-0.25, -0.2) is 0 Å². The third kappa shape index (κ3) is 2.10. The van der Waals surface area contributed by atoms with Crippen LogP contribution in [0.4, 0.5) is 0 Å². The van der Waals surface area contributed by atoms with Gasteiger partial charge in [0.25, 0.3) is 0 Å². The molecule has 0 saturated heterocycles. The van der Waals surface area contributed by atoms with Gasteiger partial charge >= 0.3 is 0 Å². The molecule has 3 fully saturated rings. The number of rotatable bonds is 4. The Morgan fingerprint density at radius 1 is 1.35 bits per heavy atom. The Morgan fingerprint density at radius 2 is 2.05 bits per heavy atom. The van der Waals surface area contributed by atoms with E-state index in [1.165, 1.54) is 12.8 Å². The van der Waals surface area contributed by atoms with Crippen molar-refractivity contribution in [2.24, 2.45) is 34.8 Å². The largest absolute Gasteiger partial charge is 0.396 e. The van der Waals surface area contributed by atoms with E-state index in [4.69, 9.17) is 5.73 Å². The van der Waals surface area contributed by atoms with Crippen molar-refractivity contribution in [3.05, 3.63) is 12.2 Å². The van der Waals surface area contributed by atoms with Gasteiger partial charge in [-0.05, 0) is 43.4 Å². The summed E-state index contributed by atoms with van der Waals surface area (Å²) < 4.78 is 0. The lowest BCUT2D eigenvalue weighted by Gasteiger charge is -2.43. The van der Waals surface area contributed by atoms with Crippen LogP contribution in [0.5, 0.6) is 0 Å². The molecule has 0 amide bonds. The van der Waals surface area contributed by atoms with Gasteiger partial charge in [0.2, 0.25) is 0 Å². The second-order valence-electron chi connectivity index (χ2n) is 7.29. The van der Waals surface area contributed by atoms with Crippen LogP contribution in [0.3, 0.4) is 0 Å². The zero-order chi connectivity index (χ0) is 14.3. The first-order valence-corrected chi connectivity index (χ1v) is 8.08. The molecule has 0 aromatic heterocycles. The topological polar surface area (TPSA) is 70.0 Å². The highest BCUT2D eigenvalue weighted by molar-refractivity contribution is 5.25. The summed E-state index contributed by atoms with van der Waals surface area (Å²) in [5, 5.41) is 19.3. The minimum absolute atomic E-state index is 0.108. The molecule has 0 aromatic rings. The number of aliphatic hydroxyl groups excluding tert-OH is 1. The van der Waals surface area contributed by atoms with Gasteiger partial charge in [-0.3, -0.25) is 0 Å². The van der Waals surface area contributed by atoms with Crippen LogP contribution in [-0.2, 0) is 0 Å². The van der Waals surface area contributed by atoms with Crippen molar-refractivity contribution in [3.8, 4) is 6.07 Å². The molecule has 0 heterocycles. The van der Waals surface area contributed by atoms with Crippen molar-refractivity contribution in [2.45, 2.75) is 51.0 Å². The van der Waals surface area contributed by atoms with Crippen LogP contribution in [-0.4, -0.2) is 17.8 Å². The lowest BCUT2D eigenvalue weighted by Crippen LogP contribution is -2.48. The van der Waals surface area contributed by atoms with E-state index < -0.39 is 0 Å². The number of nitriles is 1. The van der Waals surface area contributed by atoms with E-state index in [9.17, 15) is 10.4 Å². The quantitative estimate of drug-likeness (QED) is 0.774. The lowest BCUT2D eigenvalue weighted by atomic mass is 9.65. The molecule has 3 aliphatic rings. The lowest BCUT2D eigenvalue weighted by molar-refractivity contribution is 0.0628. The van der Waals surface area contributed by atoms with Crippen molar-refractivity contribution in [2.75, 3.05) is 6.61 Å². The fourth-order valence-corrected chi connectivity index (χ4v) is 4.84. The van der Waals surface area contributed by atoms with E-state index in [1.54, 1.807) is 0 Å². The highest BCUT2D eigenvalue weighted by Crippen LogP contribution is 2.61. The molecule has 5 atom stereocenters. The Balaban J connectivity index is 1.77. The highest BCUT2D eigenvalue weighted by atomic mass is 16.3. The van der Waals surface area contributed by atoms with Crippen LogP contribution in [0.25, 0.3) is 0 Å². The summed E-state index contributed by atoms with van der Waals surface area (Å²) >= 11 is 0. The number of hydrogen-bond donors (Lipinski definition) is 2. The molecule has 0 aromatic carbocycles. The molecule has 0 spiro atoms. The number of aliphatic hydroxyl groups is 1. The molecular weight excluding hydrogens is 248 g/mol. The zero-order valence-corrected chi connectivity index (χ0v) is 12.2. The van der Waals surface area contributed by atoms with E-state index in [-0.39, 0.29) is 29.9 Å². The first kappa shape index (κ1) is 14.1. The summed E-state index contributed by atoms with van der Waals surface area (Å²) in [5.41, 5.74) is 7.42. The summed E-state index contributed by atoms with van der Waals surface area (Å²) in [7, 11) is 0. The summed E-state index contributed by atoms with van der Waals surface area (Å²) in [6.45, 7) is 4.45. The van der Waals surface area contributed by atoms with Gasteiger partial charge in [-0.2, -0.15) is 5.26 Å². The molecule has 3 saturated carbocycles. The SMILES string of the molecule is C=C(C1C(C#N)CC2CC21)C(N)C1(CO)CCCCC1. The average Bonchev–Trinajstić information content (AvgIpc) is 3.17. The van der Waals surface area contributed by atoms with Gasteiger partial charge in [-0.1, -0.05) is 31.4 Å². The Morgan fingerprint density at radius 3 is 2.65 bits per heavy atom. The average molecular weight is 274 g/mol. The van der Waals surface area contributed by atoms with Crippen LogP contribution in [0.1, 0.15) is 44.9 Å². The normalized spacial score (nSPS) is 39.6. The molecule has 3 nitrogen and oxygen atoms in total. The van der Waals surface area contributed by atoms with E-state index in [0.29, 0.717) is 5.92 Å². The van der Waals surface area contributed by atoms with Crippen LogP contribution >= 0.6 is 0 Å². The van der Waals surface area contributed by atoms with Gasteiger partial charge in [0.15, 0.2) is 0 Å². The molecular formula is C17H26N2O. The summed E-state index contributed by atoms with van der Waals surface area (Å²) in [6, 6.07) is 2.32. The smallest absolute Gasteiger partial charge is 0.0662 e. The molecule has 110 valence electrons. The van der Waals surface area contributed by atoms with Gasteiger partial charge in [0, 0.05) is 11.5 Å².